The number of methoxy groups -OCH3 is 1. The molecule has 0 aliphatic carbocycles. The lowest BCUT2D eigenvalue weighted by atomic mass is 9.93. The monoisotopic (exact) mass is 479 g/mol. The molecule has 3 aromatic rings. The minimum absolute atomic E-state index is 0.0309. The Balaban J connectivity index is 1.63. The maximum atomic E-state index is 13.9. The maximum absolute atomic E-state index is 13.9. The summed E-state index contributed by atoms with van der Waals surface area (Å²) in [4.78, 5) is 20.4. The Labute approximate surface area is 205 Å². The molecule has 0 bridgehead atoms. The molecule has 34 heavy (non-hydrogen) atoms. The van der Waals surface area contributed by atoms with Crippen molar-refractivity contribution in [3.63, 3.8) is 0 Å². The van der Waals surface area contributed by atoms with Gasteiger partial charge in [-0.3, -0.25) is 9.78 Å². The van der Waals surface area contributed by atoms with Crippen LogP contribution in [0.25, 0.3) is 0 Å². The summed E-state index contributed by atoms with van der Waals surface area (Å²) in [5.41, 5.74) is 1.78. The third kappa shape index (κ3) is 6.07. The van der Waals surface area contributed by atoms with Crippen LogP contribution >= 0.6 is 11.6 Å². The molecular weight excluding hydrogens is 450 g/mol. The molecule has 6 nitrogen and oxygen atoms in total. The number of ether oxygens (including phenoxy) is 2. The number of benzene rings is 2. The van der Waals surface area contributed by atoms with Crippen LogP contribution in [0.2, 0.25) is 5.02 Å². The molecular formula is C27H30ClN3O3. The smallest absolute Gasteiger partial charge is 0.226 e. The summed E-state index contributed by atoms with van der Waals surface area (Å²) in [7, 11) is 1.63. The Morgan fingerprint density at radius 2 is 1.85 bits per heavy atom. The molecule has 0 saturated carbocycles. The highest BCUT2D eigenvalue weighted by molar-refractivity contribution is 6.30. The first-order valence-corrected chi connectivity index (χ1v) is 12.0. The van der Waals surface area contributed by atoms with Crippen LogP contribution in [-0.4, -0.2) is 49.1 Å². The topological polar surface area (TPSA) is 63.7 Å². The van der Waals surface area contributed by atoms with Crippen molar-refractivity contribution in [3.8, 4) is 11.5 Å². The van der Waals surface area contributed by atoms with E-state index in [2.05, 4.69) is 10.3 Å². The lowest BCUT2D eigenvalue weighted by molar-refractivity contribution is -0.138. The van der Waals surface area contributed by atoms with E-state index in [1.54, 1.807) is 13.3 Å². The van der Waals surface area contributed by atoms with E-state index in [0.29, 0.717) is 23.9 Å². The van der Waals surface area contributed by atoms with Crippen LogP contribution in [0.1, 0.15) is 30.1 Å². The first kappa shape index (κ1) is 24.0. The number of piperidine rings is 1. The largest absolute Gasteiger partial charge is 0.497 e. The summed E-state index contributed by atoms with van der Waals surface area (Å²) in [6.45, 7) is 2.46. The number of hydrogen-bond donors (Lipinski definition) is 1. The first-order valence-electron chi connectivity index (χ1n) is 11.6. The van der Waals surface area contributed by atoms with Gasteiger partial charge in [0.15, 0.2) is 0 Å². The van der Waals surface area contributed by atoms with Gasteiger partial charge in [-0.25, -0.2) is 0 Å². The third-order valence-corrected chi connectivity index (χ3v) is 6.33. The summed E-state index contributed by atoms with van der Waals surface area (Å²) >= 11 is 6.17. The van der Waals surface area contributed by atoms with E-state index in [4.69, 9.17) is 21.1 Å². The molecule has 7 heteroatoms. The second-order valence-electron chi connectivity index (χ2n) is 8.29. The number of carbonyl (C=O) groups is 1. The molecule has 2 aromatic carbocycles. The third-order valence-electron chi connectivity index (χ3n) is 6.08. The molecule has 1 aliphatic heterocycles. The quantitative estimate of drug-likeness (QED) is 0.480. The van der Waals surface area contributed by atoms with Crippen molar-refractivity contribution in [1.29, 1.82) is 0 Å². The van der Waals surface area contributed by atoms with Crippen molar-refractivity contribution in [2.75, 3.05) is 33.4 Å². The Hall–Kier alpha value is -3.09. The van der Waals surface area contributed by atoms with Crippen molar-refractivity contribution in [2.45, 2.75) is 18.9 Å². The average Bonchev–Trinajstić information content (AvgIpc) is 2.90. The second-order valence-corrected chi connectivity index (χ2v) is 8.73. The van der Waals surface area contributed by atoms with Crippen LogP contribution in [0.3, 0.4) is 0 Å². The Kier molecular flexibility index (Phi) is 8.39. The number of carbonyl (C=O) groups excluding carboxylic acids is 1. The lowest BCUT2D eigenvalue weighted by Gasteiger charge is -2.35. The Morgan fingerprint density at radius 3 is 2.56 bits per heavy atom. The van der Waals surface area contributed by atoms with Gasteiger partial charge in [-0.2, -0.15) is 0 Å². The van der Waals surface area contributed by atoms with Gasteiger partial charge in [-0.15, -0.1) is 0 Å². The van der Waals surface area contributed by atoms with Crippen molar-refractivity contribution < 1.29 is 14.3 Å². The summed E-state index contributed by atoms with van der Waals surface area (Å²) in [6, 6.07) is 20.6. The van der Waals surface area contributed by atoms with E-state index >= 15 is 0 Å². The normalized spacial score (nSPS) is 14.9. The SMILES string of the molecule is COc1cccc(OCCN(C(=O)C2CCNCC2)[C@H](c2ccc(Cl)cc2)c2ccccn2)c1. The molecule has 1 saturated heterocycles. The number of amides is 1. The Bertz CT molecular complexity index is 1060. The van der Waals surface area contributed by atoms with Crippen molar-refractivity contribution in [2.24, 2.45) is 5.92 Å². The predicted octanol–water partition coefficient (Wildman–Crippen LogP) is 4.74. The molecule has 0 spiro atoms. The van der Waals surface area contributed by atoms with Gasteiger partial charge >= 0.3 is 0 Å². The van der Waals surface area contributed by atoms with Gasteiger partial charge < -0.3 is 19.7 Å². The molecule has 1 aliphatic rings. The van der Waals surface area contributed by atoms with E-state index in [9.17, 15) is 4.79 Å². The number of pyridine rings is 1. The fourth-order valence-corrected chi connectivity index (χ4v) is 4.44. The molecule has 1 amide bonds. The zero-order valence-electron chi connectivity index (χ0n) is 19.3. The van der Waals surface area contributed by atoms with E-state index in [0.717, 1.165) is 42.9 Å². The summed E-state index contributed by atoms with van der Waals surface area (Å²) in [5, 5.41) is 4.00. The number of rotatable bonds is 9. The molecule has 1 atom stereocenters. The highest BCUT2D eigenvalue weighted by Gasteiger charge is 2.33. The van der Waals surface area contributed by atoms with E-state index < -0.39 is 0 Å². The maximum Gasteiger partial charge on any atom is 0.226 e. The number of halogens is 1. The van der Waals surface area contributed by atoms with Gasteiger partial charge in [0, 0.05) is 23.2 Å². The zero-order chi connectivity index (χ0) is 23.8. The van der Waals surface area contributed by atoms with Gasteiger partial charge in [0.05, 0.1) is 25.4 Å². The standard InChI is InChI=1S/C27H30ClN3O3/c1-33-23-5-4-6-24(19-23)34-18-17-31(27(32)21-12-15-29-16-13-21)26(25-7-2-3-14-30-25)20-8-10-22(28)11-9-20/h2-11,14,19,21,26,29H,12-13,15-18H2,1H3/t26-/m1/s1. The van der Waals surface area contributed by atoms with Crippen LogP contribution in [0.15, 0.2) is 72.9 Å². The molecule has 1 fully saturated rings. The van der Waals surface area contributed by atoms with Gasteiger partial charge in [-0.05, 0) is 67.9 Å². The molecule has 0 radical (unpaired) electrons. The molecule has 4 rings (SSSR count). The fourth-order valence-electron chi connectivity index (χ4n) is 4.32. The summed E-state index contributed by atoms with van der Waals surface area (Å²) in [6.07, 6.45) is 3.40. The van der Waals surface area contributed by atoms with Gasteiger partial charge in [-0.1, -0.05) is 35.9 Å². The van der Waals surface area contributed by atoms with E-state index in [1.165, 1.54) is 0 Å². The fraction of sp³-hybridized carbons (Fsp3) is 0.333. The molecule has 1 N–H and O–H groups in total. The highest BCUT2D eigenvalue weighted by atomic mass is 35.5. The minimum atomic E-state index is -0.338. The predicted molar refractivity (Wildman–Crippen MR) is 133 cm³/mol. The second kappa shape index (κ2) is 11.9. The van der Waals surface area contributed by atoms with Crippen LogP contribution in [0, 0.1) is 5.92 Å². The molecule has 2 heterocycles. The molecule has 178 valence electrons. The van der Waals surface area contributed by atoms with E-state index in [-0.39, 0.29) is 17.9 Å². The average molecular weight is 480 g/mol. The Morgan fingerprint density at radius 1 is 1.09 bits per heavy atom. The van der Waals surface area contributed by atoms with Gasteiger partial charge in [0.2, 0.25) is 5.91 Å². The zero-order valence-corrected chi connectivity index (χ0v) is 20.1. The molecule has 1 aromatic heterocycles. The van der Waals surface area contributed by atoms with E-state index in [1.807, 2.05) is 71.6 Å². The molecule has 0 unspecified atom stereocenters. The van der Waals surface area contributed by atoms with Crippen LogP contribution in [-0.2, 0) is 4.79 Å². The number of nitrogens with zero attached hydrogens (tertiary/aromatic N) is 2. The first-order chi connectivity index (χ1) is 16.7. The van der Waals surface area contributed by atoms with Gasteiger partial charge in [0.1, 0.15) is 18.1 Å². The summed E-state index contributed by atoms with van der Waals surface area (Å²) in [5.74, 6) is 1.53. The lowest BCUT2D eigenvalue weighted by Crippen LogP contribution is -2.45. The van der Waals surface area contributed by atoms with Crippen molar-refractivity contribution >= 4 is 17.5 Å². The summed E-state index contributed by atoms with van der Waals surface area (Å²) < 4.78 is 11.3. The highest BCUT2D eigenvalue weighted by Crippen LogP contribution is 2.31. The van der Waals surface area contributed by atoms with Crippen molar-refractivity contribution in [1.82, 2.24) is 15.2 Å². The van der Waals surface area contributed by atoms with Crippen LogP contribution < -0.4 is 14.8 Å². The van der Waals surface area contributed by atoms with Crippen molar-refractivity contribution in [3.05, 3.63) is 89.2 Å². The van der Waals surface area contributed by atoms with Gasteiger partial charge in [0.25, 0.3) is 0 Å². The van der Waals surface area contributed by atoms with Crippen LogP contribution in [0.4, 0.5) is 0 Å². The number of hydrogen-bond acceptors (Lipinski definition) is 5. The number of aromatic nitrogens is 1. The number of nitrogens with one attached hydrogen (secondary N) is 1. The minimum Gasteiger partial charge on any atom is -0.497 e. The van der Waals surface area contributed by atoms with Crippen LogP contribution in [0.5, 0.6) is 11.5 Å².